The first-order valence-electron chi connectivity index (χ1n) is 8.73. The molecule has 2 aromatic heterocycles. The third-order valence-corrected chi connectivity index (χ3v) is 5.09. The van der Waals surface area contributed by atoms with Gasteiger partial charge in [0.2, 0.25) is 5.88 Å². The molecule has 27 heavy (non-hydrogen) atoms. The molecule has 0 radical (unpaired) electrons. The van der Waals surface area contributed by atoms with Crippen molar-refractivity contribution in [3.05, 3.63) is 64.8 Å². The maximum absolute atomic E-state index is 13.1. The third kappa shape index (κ3) is 4.00. The van der Waals surface area contributed by atoms with E-state index < -0.39 is 0 Å². The highest BCUT2D eigenvalue weighted by atomic mass is 79.9. The standard InChI is InChI=1S/C19H18BrN5O2/c20-14-5-7-15(8-6-14)27-18-16(4-1-9-21-18)19(26)25-10-2-3-13(11-25)17-22-12-23-24-17/h1,4-9,12-13H,2-3,10-11H2,(H,22,23,24). The second-order valence-electron chi connectivity index (χ2n) is 6.37. The average molecular weight is 428 g/mol. The maximum Gasteiger partial charge on any atom is 0.259 e. The molecule has 0 saturated carbocycles. The summed E-state index contributed by atoms with van der Waals surface area (Å²) in [5, 5.41) is 6.83. The molecule has 1 fully saturated rings. The molecule has 3 aromatic rings. The van der Waals surface area contributed by atoms with Crippen molar-refractivity contribution >= 4 is 21.8 Å². The Morgan fingerprint density at radius 3 is 2.85 bits per heavy atom. The number of H-pyrrole nitrogens is 1. The second-order valence-corrected chi connectivity index (χ2v) is 7.29. The van der Waals surface area contributed by atoms with Crippen molar-refractivity contribution in [3.63, 3.8) is 0 Å². The molecule has 1 aliphatic heterocycles. The monoisotopic (exact) mass is 427 g/mol. The van der Waals surface area contributed by atoms with Gasteiger partial charge < -0.3 is 9.64 Å². The van der Waals surface area contributed by atoms with Crippen LogP contribution in [0.25, 0.3) is 0 Å². The number of amides is 1. The number of pyridine rings is 1. The molecule has 1 aliphatic rings. The van der Waals surface area contributed by atoms with Crippen LogP contribution in [-0.2, 0) is 0 Å². The van der Waals surface area contributed by atoms with Crippen molar-refractivity contribution in [2.75, 3.05) is 13.1 Å². The van der Waals surface area contributed by atoms with Crippen LogP contribution in [0.15, 0.2) is 53.4 Å². The first-order valence-corrected chi connectivity index (χ1v) is 9.53. The minimum atomic E-state index is -0.0839. The number of rotatable bonds is 4. The number of nitrogens with zero attached hydrogens (tertiary/aromatic N) is 4. The van der Waals surface area contributed by atoms with Crippen molar-refractivity contribution in [3.8, 4) is 11.6 Å². The van der Waals surface area contributed by atoms with Gasteiger partial charge in [0.25, 0.3) is 5.91 Å². The third-order valence-electron chi connectivity index (χ3n) is 4.56. The van der Waals surface area contributed by atoms with Gasteiger partial charge in [-0.15, -0.1) is 0 Å². The maximum atomic E-state index is 13.1. The number of ether oxygens (including phenoxy) is 1. The molecule has 1 saturated heterocycles. The minimum absolute atomic E-state index is 0.0839. The Balaban J connectivity index is 1.54. The molecule has 1 N–H and O–H groups in total. The highest BCUT2D eigenvalue weighted by Gasteiger charge is 2.28. The van der Waals surface area contributed by atoms with E-state index >= 15 is 0 Å². The topological polar surface area (TPSA) is 84.0 Å². The van der Waals surface area contributed by atoms with Crippen LogP contribution in [0.3, 0.4) is 0 Å². The molecule has 4 rings (SSSR count). The minimum Gasteiger partial charge on any atom is -0.438 e. The number of aromatic nitrogens is 4. The van der Waals surface area contributed by atoms with E-state index in [0.717, 1.165) is 23.1 Å². The van der Waals surface area contributed by atoms with Gasteiger partial charge >= 0.3 is 0 Å². The largest absolute Gasteiger partial charge is 0.438 e. The average Bonchev–Trinajstić information content (AvgIpc) is 3.25. The molecule has 0 bridgehead atoms. The van der Waals surface area contributed by atoms with E-state index in [1.807, 2.05) is 29.2 Å². The Kier molecular flexibility index (Phi) is 5.15. The second kappa shape index (κ2) is 7.87. The summed E-state index contributed by atoms with van der Waals surface area (Å²) in [6, 6.07) is 10.9. The number of carbonyl (C=O) groups is 1. The van der Waals surface area contributed by atoms with E-state index in [9.17, 15) is 4.79 Å². The zero-order valence-corrected chi connectivity index (χ0v) is 16.1. The molecule has 0 spiro atoms. The van der Waals surface area contributed by atoms with E-state index in [-0.39, 0.29) is 11.8 Å². The van der Waals surface area contributed by atoms with Crippen LogP contribution in [0.4, 0.5) is 0 Å². The lowest BCUT2D eigenvalue weighted by atomic mass is 9.97. The predicted molar refractivity (Wildman–Crippen MR) is 103 cm³/mol. The van der Waals surface area contributed by atoms with Gasteiger partial charge in [-0.25, -0.2) is 9.97 Å². The Morgan fingerprint density at radius 2 is 2.07 bits per heavy atom. The van der Waals surface area contributed by atoms with E-state index in [1.165, 1.54) is 6.33 Å². The highest BCUT2D eigenvalue weighted by Crippen LogP contribution is 2.29. The number of carbonyl (C=O) groups excluding carboxylic acids is 1. The zero-order valence-electron chi connectivity index (χ0n) is 14.5. The summed E-state index contributed by atoms with van der Waals surface area (Å²) in [5.41, 5.74) is 0.457. The molecule has 7 nitrogen and oxygen atoms in total. The number of aromatic amines is 1. The zero-order chi connectivity index (χ0) is 18.6. The number of hydrogen-bond acceptors (Lipinski definition) is 5. The van der Waals surface area contributed by atoms with Gasteiger partial charge in [0.1, 0.15) is 23.5 Å². The smallest absolute Gasteiger partial charge is 0.259 e. The van der Waals surface area contributed by atoms with Crippen LogP contribution < -0.4 is 4.74 Å². The molecule has 1 amide bonds. The lowest BCUT2D eigenvalue weighted by Gasteiger charge is -2.31. The molecule has 8 heteroatoms. The number of nitrogens with one attached hydrogen (secondary N) is 1. The van der Waals surface area contributed by atoms with Gasteiger partial charge in [-0.2, -0.15) is 5.10 Å². The van der Waals surface area contributed by atoms with Crippen molar-refractivity contribution in [2.45, 2.75) is 18.8 Å². The molecule has 1 unspecified atom stereocenters. The lowest BCUT2D eigenvalue weighted by Crippen LogP contribution is -2.39. The van der Waals surface area contributed by atoms with Crippen LogP contribution in [0, 0.1) is 0 Å². The van der Waals surface area contributed by atoms with Crippen LogP contribution >= 0.6 is 15.9 Å². The van der Waals surface area contributed by atoms with Gasteiger partial charge in [0.15, 0.2) is 0 Å². The fourth-order valence-electron chi connectivity index (χ4n) is 3.22. The fourth-order valence-corrected chi connectivity index (χ4v) is 3.48. The normalized spacial score (nSPS) is 16.9. The lowest BCUT2D eigenvalue weighted by molar-refractivity contribution is 0.0701. The van der Waals surface area contributed by atoms with Gasteiger partial charge in [-0.1, -0.05) is 15.9 Å². The Bertz CT molecular complexity index is 914. The van der Waals surface area contributed by atoms with Gasteiger partial charge in [-0.05, 0) is 49.2 Å². The summed E-state index contributed by atoms with van der Waals surface area (Å²) >= 11 is 3.40. The molecule has 3 heterocycles. The van der Waals surface area contributed by atoms with E-state index in [1.54, 1.807) is 18.3 Å². The quantitative estimate of drug-likeness (QED) is 0.684. The molecule has 1 aromatic carbocycles. The Labute approximate surface area is 164 Å². The van der Waals surface area contributed by atoms with Crippen LogP contribution in [0.1, 0.15) is 34.9 Å². The summed E-state index contributed by atoms with van der Waals surface area (Å²) < 4.78 is 6.82. The van der Waals surface area contributed by atoms with Crippen LogP contribution in [0.5, 0.6) is 11.6 Å². The SMILES string of the molecule is O=C(c1cccnc1Oc1ccc(Br)cc1)N1CCCC(c2ncn[nH]2)C1. The van der Waals surface area contributed by atoms with Crippen LogP contribution in [-0.4, -0.2) is 44.1 Å². The molecule has 138 valence electrons. The Morgan fingerprint density at radius 1 is 1.22 bits per heavy atom. The summed E-state index contributed by atoms with van der Waals surface area (Å²) in [6.07, 6.45) is 5.02. The summed E-state index contributed by atoms with van der Waals surface area (Å²) in [7, 11) is 0. The molecular formula is C19H18BrN5O2. The summed E-state index contributed by atoms with van der Waals surface area (Å²) in [6.45, 7) is 1.30. The van der Waals surface area contributed by atoms with E-state index in [4.69, 9.17) is 4.74 Å². The first kappa shape index (κ1) is 17.7. The number of halogens is 1. The number of hydrogen-bond donors (Lipinski definition) is 1. The number of benzene rings is 1. The summed E-state index contributed by atoms with van der Waals surface area (Å²) in [5.74, 6) is 1.85. The molecular weight excluding hydrogens is 410 g/mol. The van der Waals surface area contributed by atoms with Crippen LogP contribution in [0.2, 0.25) is 0 Å². The number of likely N-dealkylation sites (tertiary alicyclic amines) is 1. The van der Waals surface area contributed by atoms with Gasteiger partial charge in [-0.3, -0.25) is 9.89 Å². The Hall–Kier alpha value is -2.74. The highest BCUT2D eigenvalue weighted by molar-refractivity contribution is 9.10. The van der Waals surface area contributed by atoms with E-state index in [2.05, 4.69) is 36.1 Å². The van der Waals surface area contributed by atoms with Crippen molar-refractivity contribution in [1.29, 1.82) is 0 Å². The first-order chi connectivity index (χ1) is 13.2. The number of piperidine rings is 1. The van der Waals surface area contributed by atoms with Crippen molar-refractivity contribution < 1.29 is 9.53 Å². The van der Waals surface area contributed by atoms with Crippen molar-refractivity contribution in [1.82, 2.24) is 25.1 Å². The van der Waals surface area contributed by atoms with Gasteiger partial charge in [0.05, 0.1) is 0 Å². The van der Waals surface area contributed by atoms with Gasteiger partial charge in [0, 0.05) is 29.7 Å². The molecule has 0 aliphatic carbocycles. The van der Waals surface area contributed by atoms with E-state index in [0.29, 0.717) is 30.3 Å². The fraction of sp³-hybridized carbons (Fsp3) is 0.263. The van der Waals surface area contributed by atoms with Crippen molar-refractivity contribution in [2.24, 2.45) is 0 Å². The molecule has 1 atom stereocenters. The predicted octanol–water partition coefficient (Wildman–Crippen LogP) is 3.77. The summed E-state index contributed by atoms with van der Waals surface area (Å²) in [4.78, 5) is 23.5.